The minimum absolute atomic E-state index is 0.229. The zero-order valence-electron chi connectivity index (χ0n) is 37.7. The fourth-order valence-corrected chi connectivity index (χ4v) is 9.34. The summed E-state index contributed by atoms with van der Waals surface area (Å²) in [6.07, 6.45) is 9.68. The van der Waals surface area contributed by atoms with Crippen LogP contribution in [0.15, 0.2) is 95.4 Å². The van der Waals surface area contributed by atoms with Gasteiger partial charge in [-0.3, -0.25) is 5.04 Å². The van der Waals surface area contributed by atoms with Gasteiger partial charge in [0.05, 0.1) is 21.2 Å². The zero-order chi connectivity index (χ0) is 45.7. The largest absolute Gasteiger partial charge is 0.748 e. The lowest BCUT2D eigenvalue weighted by molar-refractivity contribution is -0.777. The van der Waals surface area contributed by atoms with Crippen LogP contribution in [0.1, 0.15) is 119 Å². The van der Waals surface area contributed by atoms with Crippen LogP contribution in [0.5, 0.6) is 0 Å². The van der Waals surface area contributed by atoms with Crippen molar-refractivity contribution in [3.8, 4) is 0 Å². The normalized spacial score (nSPS) is 18.6. The van der Waals surface area contributed by atoms with Gasteiger partial charge < -0.3 is 24.2 Å². The third kappa shape index (κ3) is 11.9. The van der Waals surface area contributed by atoms with Crippen molar-refractivity contribution in [2.75, 3.05) is 29.5 Å². The quantitative estimate of drug-likeness (QED) is 0.0393. The summed E-state index contributed by atoms with van der Waals surface area (Å²) in [5.74, 6) is 0.157. The van der Waals surface area contributed by atoms with E-state index in [-0.39, 0.29) is 11.8 Å². The van der Waals surface area contributed by atoms with Gasteiger partial charge in [-0.2, -0.15) is 13.8 Å². The lowest BCUT2D eigenvalue weighted by Gasteiger charge is -2.30. The number of carbonyl (C=O) groups is 2. The molecule has 1 aliphatic carbocycles. The number of para-hydroxylation sites is 2. The van der Waals surface area contributed by atoms with Crippen molar-refractivity contribution >= 4 is 51.4 Å². The second kappa shape index (κ2) is 19.6. The summed E-state index contributed by atoms with van der Waals surface area (Å²) in [6, 6.07) is 16.4. The Morgan fingerprint density at radius 2 is 1.47 bits per heavy atom. The molecular formula is C47H62N3O10S2-. The van der Waals surface area contributed by atoms with Crippen molar-refractivity contribution < 1.29 is 51.2 Å². The van der Waals surface area contributed by atoms with Gasteiger partial charge in [0.1, 0.15) is 17.7 Å². The molecule has 2 aromatic rings. The van der Waals surface area contributed by atoms with E-state index in [1.54, 1.807) is 41.5 Å². The van der Waals surface area contributed by atoms with Crippen molar-refractivity contribution in [2.45, 2.75) is 130 Å². The number of amides is 2. The number of anilines is 1. The molecule has 0 unspecified atom stereocenters. The fraction of sp³-hybridized carbons (Fsp3) is 0.511. The molecule has 0 saturated heterocycles. The predicted octanol–water partition coefficient (Wildman–Crippen LogP) is 9.42. The van der Waals surface area contributed by atoms with Crippen molar-refractivity contribution in [3.63, 3.8) is 0 Å². The summed E-state index contributed by atoms with van der Waals surface area (Å²) >= 11 is 0.974. The average molecular weight is 893 g/mol. The first-order chi connectivity index (χ1) is 29.0. The lowest BCUT2D eigenvalue weighted by atomic mass is 9.81. The highest BCUT2D eigenvalue weighted by molar-refractivity contribution is 7.94. The number of allylic oxidation sites excluding steroid dienone is 7. The number of benzene rings is 2. The van der Waals surface area contributed by atoms with Crippen LogP contribution >= 0.6 is 12.0 Å². The molecular weight excluding hydrogens is 831 g/mol. The Hall–Kier alpha value is -4.25. The maximum Gasteiger partial charge on any atom is 0.424 e. The first-order valence-corrected chi connectivity index (χ1v) is 23.7. The van der Waals surface area contributed by atoms with Crippen LogP contribution in [0, 0.1) is 0 Å². The predicted molar refractivity (Wildman–Crippen MR) is 240 cm³/mol. The number of rotatable bonds is 16. The number of carbonyl (C=O) groups excluding carboxylic acids is 2. The van der Waals surface area contributed by atoms with Crippen LogP contribution in [0.4, 0.5) is 21.0 Å². The van der Waals surface area contributed by atoms with E-state index >= 15 is 0 Å². The van der Waals surface area contributed by atoms with Gasteiger partial charge in [0, 0.05) is 71.0 Å². The van der Waals surface area contributed by atoms with Gasteiger partial charge in [-0.15, -0.1) is 0 Å². The molecule has 62 heavy (non-hydrogen) atoms. The third-order valence-electron chi connectivity index (χ3n) is 11.1. The summed E-state index contributed by atoms with van der Waals surface area (Å²) in [6.45, 7) is 20.3. The van der Waals surface area contributed by atoms with Gasteiger partial charge in [0.25, 0.3) is 0 Å². The molecule has 338 valence electrons. The van der Waals surface area contributed by atoms with E-state index in [1.807, 2.05) is 48.6 Å². The van der Waals surface area contributed by atoms with E-state index in [4.69, 9.17) is 9.47 Å². The van der Waals surface area contributed by atoms with Gasteiger partial charge in [-0.25, -0.2) is 18.0 Å². The summed E-state index contributed by atoms with van der Waals surface area (Å²) in [7, 11) is -4.34. The molecule has 2 heterocycles. The van der Waals surface area contributed by atoms with E-state index in [2.05, 4.69) is 70.8 Å². The lowest BCUT2D eigenvalue weighted by Crippen LogP contribution is -2.43. The molecule has 0 radical (unpaired) electrons. The van der Waals surface area contributed by atoms with Gasteiger partial charge in [0.2, 0.25) is 5.69 Å². The average Bonchev–Trinajstić information content (AvgIpc) is 3.72. The Balaban J connectivity index is 1.66. The first-order valence-electron chi connectivity index (χ1n) is 21.2. The van der Waals surface area contributed by atoms with E-state index in [9.17, 15) is 27.8 Å². The van der Waals surface area contributed by atoms with E-state index in [1.165, 1.54) is 5.56 Å². The molecule has 0 fully saturated rings. The third-order valence-corrected chi connectivity index (χ3v) is 12.5. The molecule has 0 saturated carbocycles. The van der Waals surface area contributed by atoms with Crippen molar-refractivity contribution in [1.29, 1.82) is 0 Å². The summed E-state index contributed by atoms with van der Waals surface area (Å²) in [4.78, 5) is 31.9. The number of hydrogen-bond donors (Lipinski definition) is 0. The molecule has 0 N–H and O–H groups in total. The van der Waals surface area contributed by atoms with Crippen LogP contribution in [0.3, 0.4) is 0 Å². The topological polar surface area (TPSA) is 161 Å². The first kappa shape index (κ1) is 48.8. The Labute approximate surface area is 372 Å². The van der Waals surface area contributed by atoms with E-state index in [0.29, 0.717) is 43.8 Å². The summed E-state index contributed by atoms with van der Waals surface area (Å²) in [5.41, 5.74) is 5.54. The van der Waals surface area contributed by atoms with Crippen LogP contribution in [-0.4, -0.2) is 76.1 Å². The van der Waals surface area contributed by atoms with E-state index < -0.39 is 44.7 Å². The monoisotopic (exact) mass is 892 g/mol. The van der Waals surface area contributed by atoms with Gasteiger partial charge in [-0.05, 0) is 116 Å². The Morgan fingerprint density at radius 1 is 0.839 bits per heavy atom. The summed E-state index contributed by atoms with van der Waals surface area (Å²) in [5, 5.41) is 13.8. The Bertz CT molecular complexity index is 2230. The second-order valence-electron chi connectivity index (χ2n) is 18.9. The van der Waals surface area contributed by atoms with Crippen molar-refractivity contribution in [2.24, 2.45) is 0 Å². The molecule has 5 rings (SSSR count). The minimum Gasteiger partial charge on any atom is -0.748 e. The minimum atomic E-state index is -4.34. The molecule has 2 aliphatic heterocycles. The molecule has 2 aromatic carbocycles. The standard InChI is InChI=1S/C47H63N3O10S2/c1-44(2,3)57-42(51)50(43(52)58-45(4,5)6)41-33(25-27-39-46(7,8)35-19-11-13-21-37(35)48(39)29-15-17-31-61-60-59-53)23-24-34(41)26-28-40-47(9,10)36-20-12-14-22-38(36)49(40)30-16-18-32-62(54,55)56/h11-14,19-22,25-28H,15-18,23-24,29-32H2,1-10H3,(H-,53,54,55,56)/p-1. The van der Waals surface area contributed by atoms with Crippen molar-refractivity contribution in [1.82, 2.24) is 4.90 Å². The van der Waals surface area contributed by atoms with Crippen molar-refractivity contribution in [3.05, 3.63) is 107 Å². The molecule has 3 aliphatic rings. The van der Waals surface area contributed by atoms with Crippen LogP contribution in [0.25, 0.3) is 0 Å². The molecule has 13 nitrogen and oxygen atoms in total. The van der Waals surface area contributed by atoms with Gasteiger partial charge in [-0.1, -0.05) is 62.4 Å². The molecule has 15 heteroatoms. The van der Waals surface area contributed by atoms with Crippen LogP contribution < -0.4 is 10.2 Å². The SMILES string of the molecule is CC(C)(C)OC(=O)N(C(=O)OC(C)(C)C)C1=C(/C=C/C2=[N+](CCCCS(=O)(=O)[O-])c3ccccc3C2(C)C)CC/C1=C\C=C1\N(CCCCSOO[O-])c2ccccc2C1(C)C. The fourth-order valence-electron chi connectivity index (χ4n) is 8.35. The Morgan fingerprint density at radius 3 is 2.10 bits per heavy atom. The van der Waals surface area contributed by atoms with E-state index in [0.717, 1.165) is 69.3 Å². The maximum atomic E-state index is 14.3. The highest BCUT2D eigenvalue weighted by Crippen LogP contribution is 2.48. The molecule has 0 aromatic heterocycles. The number of unbranched alkanes of at least 4 members (excludes halogenated alkanes) is 2. The molecule has 0 spiro atoms. The zero-order valence-corrected chi connectivity index (χ0v) is 39.4. The maximum absolute atomic E-state index is 14.3. The molecule has 0 atom stereocenters. The van der Waals surface area contributed by atoms with Crippen LogP contribution in [-0.2, 0) is 39.8 Å². The highest BCUT2D eigenvalue weighted by atomic mass is 32.2. The van der Waals surface area contributed by atoms with Gasteiger partial charge >= 0.3 is 12.2 Å². The number of ether oxygens (including phenoxy) is 2. The molecule has 2 amide bonds. The van der Waals surface area contributed by atoms with Gasteiger partial charge in [0.15, 0.2) is 5.71 Å². The number of hydrogen-bond acceptors (Lipinski definition) is 12. The molecule has 0 bridgehead atoms. The second-order valence-corrected chi connectivity index (χ2v) is 21.2. The summed E-state index contributed by atoms with van der Waals surface area (Å²) < 4.78 is 52.7. The number of fused-ring (bicyclic) bond motifs is 2. The van der Waals surface area contributed by atoms with Crippen LogP contribution in [0.2, 0.25) is 0 Å². The Kier molecular flexibility index (Phi) is 15.5. The smallest absolute Gasteiger partial charge is 0.424 e. The highest BCUT2D eigenvalue weighted by Gasteiger charge is 2.45. The number of nitrogens with zero attached hydrogens (tertiary/aromatic N) is 3. The number of imide groups is 1.